The number of esters is 1. The van der Waals surface area contributed by atoms with Crippen molar-refractivity contribution >= 4 is 18.0 Å². The zero-order chi connectivity index (χ0) is 33.7. The van der Waals surface area contributed by atoms with Crippen LogP contribution < -0.4 is 10.6 Å². The fourth-order valence-corrected chi connectivity index (χ4v) is 5.97. The van der Waals surface area contributed by atoms with E-state index in [1.54, 1.807) is 6.20 Å². The highest BCUT2D eigenvalue weighted by atomic mass is 16.6. The lowest BCUT2D eigenvalue weighted by Crippen LogP contribution is -2.43. The highest BCUT2D eigenvalue weighted by Crippen LogP contribution is 2.42. The van der Waals surface area contributed by atoms with Crippen LogP contribution in [-0.2, 0) is 33.0 Å². The third-order valence-corrected chi connectivity index (χ3v) is 8.31. The minimum atomic E-state index is -0.968. The predicted octanol–water partition coefficient (Wildman–Crippen LogP) is 7.56. The van der Waals surface area contributed by atoms with Crippen molar-refractivity contribution in [2.45, 2.75) is 31.2 Å². The van der Waals surface area contributed by atoms with Gasteiger partial charge in [-0.3, -0.25) is 4.57 Å². The summed E-state index contributed by atoms with van der Waals surface area (Å²) in [6, 6.07) is 48.8. The fourth-order valence-electron chi connectivity index (χ4n) is 5.97. The molecule has 1 amide bonds. The van der Waals surface area contributed by atoms with Crippen molar-refractivity contribution in [2.24, 2.45) is 0 Å². The van der Waals surface area contributed by atoms with E-state index in [1.165, 1.54) is 0 Å². The second kappa shape index (κ2) is 16.1. The number of alkyl carbamates (subject to hydrolysis) is 1. The van der Waals surface area contributed by atoms with E-state index >= 15 is 0 Å². The highest BCUT2D eigenvalue weighted by molar-refractivity contribution is 5.81. The lowest BCUT2D eigenvalue weighted by atomic mass is 9.76. The van der Waals surface area contributed by atoms with Crippen molar-refractivity contribution < 1.29 is 19.1 Å². The number of benzene rings is 5. The minimum absolute atomic E-state index is 0.0781. The lowest BCUT2D eigenvalue weighted by molar-refractivity contribution is -0.147. The Labute approximate surface area is 286 Å². The summed E-state index contributed by atoms with van der Waals surface area (Å²) in [4.78, 5) is 31.0. The first kappa shape index (κ1) is 32.8. The molecular formula is C41H38N4O4. The van der Waals surface area contributed by atoms with Gasteiger partial charge in [-0.05, 0) is 34.2 Å². The van der Waals surface area contributed by atoms with Gasteiger partial charge in [-0.15, -0.1) is 0 Å². The molecule has 1 heterocycles. The third-order valence-electron chi connectivity index (χ3n) is 8.31. The molecule has 0 bridgehead atoms. The zero-order valence-electron chi connectivity index (χ0n) is 27.0. The molecule has 2 N–H and O–H groups in total. The number of ether oxygens (including phenoxy) is 2. The van der Waals surface area contributed by atoms with Crippen molar-refractivity contribution in [3.05, 3.63) is 192 Å². The monoisotopic (exact) mass is 650 g/mol. The van der Waals surface area contributed by atoms with Gasteiger partial charge in [-0.2, -0.15) is 0 Å². The molecule has 49 heavy (non-hydrogen) atoms. The molecule has 0 unspecified atom stereocenters. The number of hydrogen-bond donors (Lipinski definition) is 2. The van der Waals surface area contributed by atoms with E-state index < -0.39 is 23.6 Å². The molecule has 0 fully saturated rings. The molecule has 0 saturated carbocycles. The Hall–Kier alpha value is -6.15. The van der Waals surface area contributed by atoms with Crippen molar-refractivity contribution in [2.75, 3.05) is 11.9 Å². The minimum Gasteiger partial charge on any atom is -0.459 e. The summed E-state index contributed by atoms with van der Waals surface area (Å²) < 4.78 is 13.2. The molecule has 0 radical (unpaired) electrons. The van der Waals surface area contributed by atoms with Crippen LogP contribution in [-0.4, -0.2) is 34.2 Å². The molecule has 246 valence electrons. The maximum absolute atomic E-state index is 13.4. The molecule has 0 aliphatic rings. The van der Waals surface area contributed by atoms with E-state index in [1.807, 2.05) is 121 Å². The van der Waals surface area contributed by atoms with Gasteiger partial charge >= 0.3 is 12.1 Å². The molecular weight excluding hydrogens is 612 g/mol. The zero-order valence-corrected chi connectivity index (χ0v) is 27.0. The van der Waals surface area contributed by atoms with Crippen LogP contribution in [0, 0.1) is 0 Å². The fraction of sp³-hybridized carbons (Fsp3) is 0.146. The van der Waals surface area contributed by atoms with E-state index in [0.29, 0.717) is 12.5 Å². The number of amides is 1. The van der Waals surface area contributed by atoms with Gasteiger partial charge in [0.2, 0.25) is 5.95 Å². The first-order valence-corrected chi connectivity index (χ1v) is 16.3. The Kier molecular flexibility index (Phi) is 10.8. The first-order valence-electron chi connectivity index (χ1n) is 16.3. The maximum atomic E-state index is 13.4. The molecule has 0 saturated heterocycles. The Morgan fingerprint density at radius 1 is 0.633 bits per heavy atom. The Bertz CT molecular complexity index is 1800. The number of hydrogen-bond acceptors (Lipinski definition) is 6. The van der Waals surface area contributed by atoms with E-state index in [-0.39, 0.29) is 19.6 Å². The molecule has 0 spiro atoms. The number of nitrogens with zero attached hydrogens (tertiary/aromatic N) is 2. The van der Waals surface area contributed by atoms with Crippen LogP contribution in [0.3, 0.4) is 0 Å². The van der Waals surface area contributed by atoms with Crippen LogP contribution in [0.5, 0.6) is 0 Å². The van der Waals surface area contributed by atoms with Gasteiger partial charge < -0.3 is 20.1 Å². The van der Waals surface area contributed by atoms with Gasteiger partial charge in [0.25, 0.3) is 0 Å². The van der Waals surface area contributed by atoms with Crippen molar-refractivity contribution in [1.82, 2.24) is 14.9 Å². The number of nitrogens with one attached hydrogen (secondary N) is 2. The summed E-state index contributed by atoms with van der Waals surface area (Å²) in [5, 5.41) is 6.17. The summed E-state index contributed by atoms with van der Waals surface area (Å²) in [6.07, 6.45) is 3.23. The standard InChI is InChI=1S/C41H38N4O4/c46-38(48-30-32-16-6-1-7-17-32)37(44-40(47)49-31-33-18-8-2-9-19-33)26-27-42-39-43-28-29-45(39)41(34-20-10-3-11-21-34,35-22-12-4-13-23-35)36-24-14-5-15-25-36/h1-25,28-29,37H,26-27,30-31H2,(H,42,43)(H,44,47)/t37-/m0/s1. The van der Waals surface area contributed by atoms with Gasteiger partial charge in [-0.1, -0.05) is 152 Å². The van der Waals surface area contributed by atoms with E-state index in [0.717, 1.165) is 27.8 Å². The van der Waals surface area contributed by atoms with Crippen LogP contribution >= 0.6 is 0 Å². The smallest absolute Gasteiger partial charge is 0.408 e. The average Bonchev–Trinajstić information content (AvgIpc) is 3.63. The normalized spacial score (nSPS) is 11.7. The molecule has 8 heteroatoms. The van der Waals surface area contributed by atoms with Crippen LogP contribution in [0.2, 0.25) is 0 Å². The van der Waals surface area contributed by atoms with Crippen molar-refractivity contribution in [3.63, 3.8) is 0 Å². The molecule has 5 aromatic carbocycles. The van der Waals surface area contributed by atoms with Gasteiger partial charge in [0, 0.05) is 18.9 Å². The molecule has 6 aromatic rings. The van der Waals surface area contributed by atoms with Crippen molar-refractivity contribution in [3.8, 4) is 0 Å². The van der Waals surface area contributed by atoms with Crippen LogP contribution in [0.1, 0.15) is 34.2 Å². The largest absolute Gasteiger partial charge is 0.459 e. The number of anilines is 1. The summed E-state index contributed by atoms with van der Waals surface area (Å²) in [7, 11) is 0. The third kappa shape index (κ3) is 7.88. The Balaban J connectivity index is 1.25. The van der Waals surface area contributed by atoms with Gasteiger partial charge in [0.15, 0.2) is 0 Å². The number of rotatable bonds is 14. The predicted molar refractivity (Wildman–Crippen MR) is 190 cm³/mol. The van der Waals surface area contributed by atoms with E-state index in [4.69, 9.17) is 14.5 Å². The van der Waals surface area contributed by atoms with Crippen LogP contribution in [0.25, 0.3) is 0 Å². The summed E-state index contributed by atoms with van der Waals surface area (Å²) in [5.74, 6) is 0.0393. The Morgan fingerprint density at radius 2 is 1.08 bits per heavy atom. The molecule has 0 aliphatic heterocycles. The van der Waals surface area contributed by atoms with Gasteiger partial charge in [0.05, 0.1) is 0 Å². The van der Waals surface area contributed by atoms with E-state index in [2.05, 4.69) is 51.6 Å². The molecule has 0 aliphatic carbocycles. The topological polar surface area (TPSA) is 94.5 Å². The maximum Gasteiger partial charge on any atom is 0.408 e. The number of imidazole rings is 1. The quantitative estimate of drug-likeness (QED) is 0.0934. The van der Waals surface area contributed by atoms with Crippen LogP contribution in [0.4, 0.5) is 10.7 Å². The Morgan fingerprint density at radius 3 is 1.57 bits per heavy atom. The first-order chi connectivity index (χ1) is 24.1. The number of carbonyl (C=O) groups is 2. The summed E-state index contributed by atoms with van der Waals surface area (Å²) in [5.41, 5.74) is 4.08. The average molecular weight is 651 g/mol. The second-order valence-electron chi connectivity index (χ2n) is 11.5. The SMILES string of the molecule is O=C(N[C@@H](CCNc1nccn1C(c1ccccc1)(c1ccccc1)c1ccccc1)C(=O)OCc1ccccc1)OCc1ccccc1. The van der Waals surface area contributed by atoms with Gasteiger partial charge in [0.1, 0.15) is 24.8 Å². The molecule has 8 nitrogen and oxygen atoms in total. The van der Waals surface area contributed by atoms with Gasteiger partial charge in [-0.25, -0.2) is 14.6 Å². The summed E-state index contributed by atoms with van der Waals surface area (Å²) in [6.45, 7) is 0.465. The molecule has 1 aromatic heterocycles. The molecule has 1 atom stereocenters. The van der Waals surface area contributed by atoms with Crippen molar-refractivity contribution in [1.29, 1.82) is 0 Å². The highest BCUT2D eigenvalue weighted by Gasteiger charge is 2.39. The number of carbonyl (C=O) groups excluding carboxylic acids is 2. The number of aromatic nitrogens is 2. The van der Waals surface area contributed by atoms with Crippen LogP contribution in [0.15, 0.2) is 164 Å². The van der Waals surface area contributed by atoms with E-state index in [9.17, 15) is 9.59 Å². The second-order valence-corrected chi connectivity index (χ2v) is 11.5. The lowest BCUT2D eigenvalue weighted by Gasteiger charge is -2.38. The summed E-state index contributed by atoms with van der Waals surface area (Å²) >= 11 is 0. The molecule has 6 rings (SSSR count).